The molecule has 170 valence electrons. The first-order valence-corrected chi connectivity index (χ1v) is 10.2. The van der Waals surface area contributed by atoms with Crippen molar-refractivity contribution in [3.05, 3.63) is 82.9 Å². The lowest BCUT2D eigenvalue weighted by Crippen LogP contribution is -2.49. The fourth-order valence-electron chi connectivity index (χ4n) is 3.75. The Hall–Kier alpha value is -3.84. The summed E-state index contributed by atoms with van der Waals surface area (Å²) in [4.78, 5) is 22.4. The standard InChI is InChI=1S/C23H20F3N5O2/c24-23(25,26)33-18-7-5-17(6-8-18)12-31-13-20-19(29-14-30-20)9-21(31)22(32)28-11-16-3-1-15(10-27)2-4-16/h1-8,14,21H,9,11-13H2,(H,28,32)(H,29,30)/t21-/m0/s1. The highest BCUT2D eigenvalue weighted by atomic mass is 19.4. The topological polar surface area (TPSA) is 94.0 Å². The molecule has 0 radical (unpaired) electrons. The summed E-state index contributed by atoms with van der Waals surface area (Å²) in [7, 11) is 0. The maximum absolute atomic E-state index is 13.0. The highest BCUT2D eigenvalue weighted by molar-refractivity contribution is 5.82. The third-order valence-corrected chi connectivity index (χ3v) is 5.39. The number of hydrogen-bond acceptors (Lipinski definition) is 5. The van der Waals surface area contributed by atoms with E-state index < -0.39 is 12.4 Å². The Bertz CT molecular complexity index is 1150. The van der Waals surface area contributed by atoms with Gasteiger partial charge in [0.05, 0.1) is 35.4 Å². The number of H-pyrrole nitrogens is 1. The maximum atomic E-state index is 13.0. The molecule has 1 aliphatic heterocycles. The molecule has 0 aliphatic carbocycles. The molecule has 2 aromatic carbocycles. The second-order valence-electron chi connectivity index (χ2n) is 7.67. The number of amides is 1. The minimum atomic E-state index is -4.75. The van der Waals surface area contributed by atoms with Gasteiger partial charge >= 0.3 is 6.36 Å². The number of nitriles is 1. The number of carbonyl (C=O) groups is 1. The third-order valence-electron chi connectivity index (χ3n) is 5.39. The number of halogens is 3. The van der Waals surface area contributed by atoms with Crippen LogP contribution in [0.1, 0.15) is 28.1 Å². The quantitative estimate of drug-likeness (QED) is 0.594. The summed E-state index contributed by atoms with van der Waals surface area (Å²) < 4.78 is 41.1. The van der Waals surface area contributed by atoms with Gasteiger partial charge in [0.1, 0.15) is 5.75 Å². The van der Waals surface area contributed by atoms with Crippen molar-refractivity contribution in [1.29, 1.82) is 5.26 Å². The number of imidazole rings is 1. The van der Waals surface area contributed by atoms with Crippen molar-refractivity contribution in [2.75, 3.05) is 0 Å². The fourth-order valence-corrected chi connectivity index (χ4v) is 3.75. The molecule has 1 aromatic heterocycles. The Balaban J connectivity index is 1.45. The van der Waals surface area contributed by atoms with Gasteiger partial charge in [-0.3, -0.25) is 9.69 Å². The average molecular weight is 455 g/mol. The summed E-state index contributed by atoms with van der Waals surface area (Å²) in [5.74, 6) is -0.470. The van der Waals surface area contributed by atoms with Crippen LogP contribution in [-0.4, -0.2) is 33.2 Å². The minimum absolute atomic E-state index is 0.176. The smallest absolute Gasteiger partial charge is 0.406 e. The zero-order valence-electron chi connectivity index (χ0n) is 17.4. The number of alkyl halides is 3. The molecule has 10 heteroatoms. The van der Waals surface area contributed by atoms with Crippen LogP contribution < -0.4 is 10.1 Å². The second kappa shape index (κ2) is 9.34. The SMILES string of the molecule is N#Cc1ccc(CNC(=O)[C@@H]2Cc3nc[nH]c3CN2Cc2ccc(OC(F)(F)F)cc2)cc1. The van der Waals surface area contributed by atoms with Crippen molar-refractivity contribution in [2.24, 2.45) is 0 Å². The molecule has 2 N–H and O–H groups in total. The van der Waals surface area contributed by atoms with Gasteiger partial charge in [0.15, 0.2) is 0 Å². The van der Waals surface area contributed by atoms with Crippen LogP contribution in [0.5, 0.6) is 5.75 Å². The summed E-state index contributed by atoms with van der Waals surface area (Å²) in [5, 5.41) is 11.8. The van der Waals surface area contributed by atoms with Crippen LogP contribution in [-0.2, 0) is 30.8 Å². The van der Waals surface area contributed by atoms with Gasteiger partial charge in [0.2, 0.25) is 5.91 Å². The van der Waals surface area contributed by atoms with Crippen LogP contribution in [0, 0.1) is 11.3 Å². The van der Waals surface area contributed by atoms with E-state index in [0.717, 1.165) is 22.5 Å². The fraction of sp³-hybridized carbons (Fsp3) is 0.261. The van der Waals surface area contributed by atoms with Crippen molar-refractivity contribution >= 4 is 5.91 Å². The van der Waals surface area contributed by atoms with Crippen LogP contribution in [0.4, 0.5) is 13.2 Å². The highest BCUT2D eigenvalue weighted by Gasteiger charge is 2.33. The lowest BCUT2D eigenvalue weighted by atomic mass is 10.0. The lowest BCUT2D eigenvalue weighted by Gasteiger charge is -2.34. The Morgan fingerprint density at radius 1 is 1.18 bits per heavy atom. The number of aromatic nitrogens is 2. The largest absolute Gasteiger partial charge is 0.573 e. The number of carbonyl (C=O) groups excluding carboxylic acids is 1. The summed E-state index contributed by atoms with van der Waals surface area (Å²) in [6, 6.07) is 14.1. The molecule has 1 amide bonds. The van der Waals surface area contributed by atoms with Crippen molar-refractivity contribution in [2.45, 2.75) is 38.5 Å². The van der Waals surface area contributed by atoms with Crippen LogP contribution in [0.2, 0.25) is 0 Å². The molecule has 4 rings (SSSR count). The first-order valence-electron chi connectivity index (χ1n) is 10.2. The van der Waals surface area contributed by atoms with E-state index in [1.165, 1.54) is 12.1 Å². The average Bonchev–Trinajstić information content (AvgIpc) is 3.25. The van der Waals surface area contributed by atoms with E-state index in [9.17, 15) is 18.0 Å². The number of benzene rings is 2. The number of hydrogen-bond donors (Lipinski definition) is 2. The molecule has 0 saturated heterocycles. The Morgan fingerprint density at radius 2 is 1.88 bits per heavy atom. The molecule has 33 heavy (non-hydrogen) atoms. The molecule has 0 saturated carbocycles. The number of ether oxygens (including phenoxy) is 1. The van der Waals surface area contributed by atoms with Gasteiger partial charge in [-0.25, -0.2) is 4.98 Å². The monoisotopic (exact) mass is 455 g/mol. The Kier molecular flexibility index (Phi) is 6.33. The van der Waals surface area contributed by atoms with Crippen molar-refractivity contribution in [3.8, 4) is 11.8 Å². The molecule has 1 atom stereocenters. The van der Waals surface area contributed by atoms with Gasteiger partial charge in [-0.05, 0) is 35.4 Å². The molecule has 0 fully saturated rings. The number of nitrogens with zero attached hydrogens (tertiary/aromatic N) is 3. The van der Waals surface area contributed by atoms with E-state index in [-0.39, 0.29) is 11.7 Å². The van der Waals surface area contributed by atoms with Crippen LogP contribution in [0.3, 0.4) is 0 Å². The molecular weight excluding hydrogens is 435 g/mol. The predicted octanol–water partition coefficient (Wildman–Crippen LogP) is 3.42. The second-order valence-corrected chi connectivity index (χ2v) is 7.67. The summed E-state index contributed by atoms with van der Waals surface area (Å²) in [6.45, 7) is 1.12. The normalized spacial score (nSPS) is 16.0. The van der Waals surface area contributed by atoms with Gasteiger partial charge in [-0.2, -0.15) is 5.26 Å². The van der Waals surface area contributed by atoms with Gasteiger partial charge in [0, 0.05) is 26.1 Å². The van der Waals surface area contributed by atoms with Gasteiger partial charge < -0.3 is 15.0 Å². The molecular formula is C23H20F3N5O2. The van der Waals surface area contributed by atoms with E-state index in [0.29, 0.717) is 31.6 Å². The predicted molar refractivity (Wildman–Crippen MR) is 111 cm³/mol. The first-order chi connectivity index (χ1) is 15.8. The highest BCUT2D eigenvalue weighted by Crippen LogP contribution is 2.26. The van der Waals surface area contributed by atoms with E-state index in [2.05, 4.69) is 26.1 Å². The molecule has 0 bridgehead atoms. The van der Waals surface area contributed by atoms with E-state index in [1.54, 1.807) is 42.7 Å². The summed E-state index contributed by atoms with van der Waals surface area (Å²) in [6.07, 6.45) is -2.75. The minimum Gasteiger partial charge on any atom is -0.406 e. The van der Waals surface area contributed by atoms with Crippen molar-refractivity contribution in [3.63, 3.8) is 0 Å². The van der Waals surface area contributed by atoms with Crippen molar-refractivity contribution in [1.82, 2.24) is 20.2 Å². The molecule has 2 heterocycles. The molecule has 1 aliphatic rings. The first kappa shape index (κ1) is 22.4. The van der Waals surface area contributed by atoms with Gasteiger partial charge in [-0.15, -0.1) is 13.2 Å². The van der Waals surface area contributed by atoms with Gasteiger partial charge in [-0.1, -0.05) is 24.3 Å². The molecule has 3 aromatic rings. The van der Waals surface area contributed by atoms with Gasteiger partial charge in [0.25, 0.3) is 0 Å². The Morgan fingerprint density at radius 3 is 2.55 bits per heavy atom. The summed E-state index contributed by atoms with van der Waals surface area (Å²) in [5.41, 5.74) is 3.88. The maximum Gasteiger partial charge on any atom is 0.573 e. The Labute approximate surface area is 187 Å². The lowest BCUT2D eigenvalue weighted by molar-refractivity contribution is -0.274. The van der Waals surface area contributed by atoms with Crippen LogP contribution in [0.25, 0.3) is 0 Å². The number of nitrogens with one attached hydrogen (secondary N) is 2. The molecule has 0 unspecified atom stereocenters. The van der Waals surface area contributed by atoms with E-state index in [1.807, 2.05) is 4.90 Å². The molecule has 0 spiro atoms. The van der Waals surface area contributed by atoms with E-state index in [4.69, 9.17) is 5.26 Å². The zero-order valence-corrected chi connectivity index (χ0v) is 17.4. The number of aromatic amines is 1. The number of rotatable bonds is 6. The zero-order chi connectivity index (χ0) is 23.4. The third kappa shape index (κ3) is 5.70. The number of fused-ring (bicyclic) bond motifs is 1. The van der Waals surface area contributed by atoms with Crippen LogP contribution in [0.15, 0.2) is 54.9 Å². The molecule has 7 nitrogen and oxygen atoms in total. The summed E-state index contributed by atoms with van der Waals surface area (Å²) >= 11 is 0. The van der Waals surface area contributed by atoms with Crippen LogP contribution >= 0.6 is 0 Å². The van der Waals surface area contributed by atoms with Crippen molar-refractivity contribution < 1.29 is 22.7 Å². The van der Waals surface area contributed by atoms with E-state index >= 15 is 0 Å².